The summed E-state index contributed by atoms with van der Waals surface area (Å²) < 4.78 is 27.0. The first kappa shape index (κ1) is 14.8. The molecular weight excluding hydrogens is 280 g/mol. The van der Waals surface area contributed by atoms with Gasteiger partial charge in [-0.1, -0.05) is 0 Å². The number of hydrogen-bond donors (Lipinski definition) is 1. The third-order valence-corrected chi connectivity index (χ3v) is 5.70. The van der Waals surface area contributed by atoms with Crippen molar-refractivity contribution in [3.8, 4) is 0 Å². The van der Waals surface area contributed by atoms with E-state index in [1.807, 2.05) is 42.9 Å². The standard InChI is InChI=1S/C13H20N2O2S2/c1-15(2)8-7-14-19(16,17)12-5-6-13-11(10-12)4-3-9-18-13/h5-6,10,14H,3-4,7-9H2,1-2H3. The number of likely N-dealkylation sites (N-methyl/N-ethyl adjacent to an activating group) is 1. The van der Waals surface area contributed by atoms with E-state index in [0.717, 1.165) is 24.2 Å². The molecule has 6 heteroatoms. The predicted molar refractivity (Wildman–Crippen MR) is 79.2 cm³/mol. The summed E-state index contributed by atoms with van der Waals surface area (Å²) in [6.07, 6.45) is 2.10. The maximum absolute atomic E-state index is 12.2. The van der Waals surface area contributed by atoms with Gasteiger partial charge in [-0.3, -0.25) is 0 Å². The van der Waals surface area contributed by atoms with Crippen LogP contribution in [0.4, 0.5) is 0 Å². The van der Waals surface area contributed by atoms with E-state index >= 15 is 0 Å². The first-order chi connectivity index (χ1) is 8.99. The molecule has 1 N–H and O–H groups in total. The average molecular weight is 300 g/mol. The SMILES string of the molecule is CN(C)CCNS(=O)(=O)c1ccc2c(c1)CCCS2. The summed E-state index contributed by atoms with van der Waals surface area (Å²) >= 11 is 1.81. The molecule has 0 saturated heterocycles. The van der Waals surface area contributed by atoms with Crippen LogP contribution in [0.25, 0.3) is 0 Å². The predicted octanol–water partition coefficient (Wildman–Crippen LogP) is 1.56. The Hall–Kier alpha value is -0.560. The van der Waals surface area contributed by atoms with Crippen LogP contribution in [-0.4, -0.2) is 46.3 Å². The van der Waals surface area contributed by atoms with Crippen molar-refractivity contribution in [1.29, 1.82) is 0 Å². The number of aryl methyl sites for hydroxylation is 1. The van der Waals surface area contributed by atoms with Crippen molar-refractivity contribution < 1.29 is 8.42 Å². The fraction of sp³-hybridized carbons (Fsp3) is 0.538. The molecule has 0 amide bonds. The Bertz CT molecular complexity index is 542. The van der Waals surface area contributed by atoms with Crippen molar-refractivity contribution in [2.75, 3.05) is 32.9 Å². The highest BCUT2D eigenvalue weighted by Crippen LogP contribution is 2.31. The Morgan fingerprint density at radius 1 is 1.37 bits per heavy atom. The van der Waals surface area contributed by atoms with Crippen LogP contribution in [0.1, 0.15) is 12.0 Å². The van der Waals surface area contributed by atoms with Crippen molar-refractivity contribution in [3.63, 3.8) is 0 Å². The fourth-order valence-electron chi connectivity index (χ4n) is 1.99. The van der Waals surface area contributed by atoms with Crippen LogP contribution in [0.5, 0.6) is 0 Å². The van der Waals surface area contributed by atoms with Gasteiger partial charge in [0.1, 0.15) is 0 Å². The molecule has 0 bridgehead atoms. The molecule has 0 saturated carbocycles. The van der Waals surface area contributed by atoms with Crippen molar-refractivity contribution >= 4 is 21.8 Å². The molecule has 19 heavy (non-hydrogen) atoms. The van der Waals surface area contributed by atoms with Crippen LogP contribution in [-0.2, 0) is 16.4 Å². The normalized spacial score (nSPS) is 15.5. The molecule has 0 aromatic heterocycles. The van der Waals surface area contributed by atoms with Gasteiger partial charge >= 0.3 is 0 Å². The van der Waals surface area contributed by atoms with Gasteiger partial charge in [0.15, 0.2) is 0 Å². The average Bonchev–Trinajstić information content (AvgIpc) is 2.37. The van der Waals surface area contributed by atoms with Crippen molar-refractivity contribution in [1.82, 2.24) is 9.62 Å². The lowest BCUT2D eigenvalue weighted by Crippen LogP contribution is -2.31. The molecule has 0 spiro atoms. The number of hydrogen-bond acceptors (Lipinski definition) is 4. The van der Waals surface area contributed by atoms with E-state index in [1.165, 1.54) is 4.90 Å². The Morgan fingerprint density at radius 3 is 2.89 bits per heavy atom. The zero-order chi connectivity index (χ0) is 13.9. The minimum atomic E-state index is -3.38. The maximum atomic E-state index is 12.2. The van der Waals surface area contributed by atoms with Crippen LogP contribution < -0.4 is 4.72 Å². The molecule has 0 atom stereocenters. The topological polar surface area (TPSA) is 49.4 Å². The smallest absolute Gasteiger partial charge is 0.240 e. The molecule has 2 rings (SSSR count). The number of nitrogens with zero attached hydrogens (tertiary/aromatic N) is 1. The van der Waals surface area contributed by atoms with Crippen molar-refractivity contribution in [3.05, 3.63) is 23.8 Å². The quantitative estimate of drug-likeness (QED) is 0.897. The van der Waals surface area contributed by atoms with Crippen LogP contribution in [0.3, 0.4) is 0 Å². The lowest BCUT2D eigenvalue weighted by atomic mass is 10.1. The fourth-order valence-corrected chi connectivity index (χ4v) is 4.08. The van der Waals surface area contributed by atoms with E-state index in [2.05, 4.69) is 4.72 Å². The van der Waals surface area contributed by atoms with Gasteiger partial charge in [0.05, 0.1) is 4.90 Å². The van der Waals surface area contributed by atoms with Gasteiger partial charge in [-0.05, 0) is 56.5 Å². The molecule has 1 aliphatic rings. The minimum absolute atomic E-state index is 0.382. The van der Waals surface area contributed by atoms with Gasteiger partial charge in [-0.15, -0.1) is 11.8 Å². The molecule has 106 valence electrons. The van der Waals surface area contributed by atoms with Crippen LogP contribution in [0, 0.1) is 0 Å². The highest BCUT2D eigenvalue weighted by molar-refractivity contribution is 7.99. The summed E-state index contributed by atoms with van der Waals surface area (Å²) in [6, 6.07) is 5.45. The summed E-state index contributed by atoms with van der Waals surface area (Å²) in [6.45, 7) is 1.13. The number of benzene rings is 1. The highest BCUT2D eigenvalue weighted by atomic mass is 32.2. The summed E-state index contributed by atoms with van der Waals surface area (Å²) in [5.74, 6) is 1.13. The number of fused-ring (bicyclic) bond motifs is 1. The van der Waals surface area contributed by atoms with E-state index in [4.69, 9.17) is 0 Å². The third-order valence-electron chi connectivity index (χ3n) is 3.04. The summed E-state index contributed by atoms with van der Waals surface area (Å²) in [4.78, 5) is 3.55. The van der Waals surface area contributed by atoms with Gasteiger partial charge < -0.3 is 4.90 Å². The second-order valence-corrected chi connectivity index (χ2v) is 7.83. The first-order valence-electron chi connectivity index (χ1n) is 6.39. The molecular formula is C13H20N2O2S2. The highest BCUT2D eigenvalue weighted by Gasteiger charge is 2.17. The summed E-state index contributed by atoms with van der Waals surface area (Å²) in [5.41, 5.74) is 1.16. The van der Waals surface area contributed by atoms with E-state index < -0.39 is 10.0 Å². The monoisotopic (exact) mass is 300 g/mol. The van der Waals surface area contributed by atoms with Crippen molar-refractivity contribution in [2.45, 2.75) is 22.6 Å². The van der Waals surface area contributed by atoms with Crippen LogP contribution in [0.15, 0.2) is 28.0 Å². The molecule has 0 unspecified atom stereocenters. The van der Waals surface area contributed by atoms with Gasteiger partial charge in [0, 0.05) is 18.0 Å². The molecule has 1 aliphatic heterocycles. The lowest BCUT2D eigenvalue weighted by molar-refractivity contribution is 0.412. The second kappa shape index (κ2) is 6.26. The van der Waals surface area contributed by atoms with Gasteiger partial charge in [0.2, 0.25) is 10.0 Å². The number of rotatable bonds is 5. The zero-order valence-electron chi connectivity index (χ0n) is 11.3. The lowest BCUT2D eigenvalue weighted by Gasteiger charge is -2.16. The molecule has 1 aromatic rings. The molecule has 1 heterocycles. The molecule has 1 aromatic carbocycles. The van der Waals surface area contributed by atoms with E-state index in [1.54, 1.807) is 6.07 Å². The maximum Gasteiger partial charge on any atom is 0.240 e. The van der Waals surface area contributed by atoms with Gasteiger partial charge in [-0.2, -0.15) is 0 Å². The third kappa shape index (κ3) is 3.95. The van der Waals surface area contributed by atoms with E-state index in [0.29, 0.717) is 18.0 Å². The molecule has 0 aliphatic carbocycles. The number of nitrogens with one attached hydrogen (secondary N) is 1. The molecule has 4 nitrogen and oxygen atoms in total. The van der Waals surface area contributed by atoms with Gasteiger partial charge in [-0.25, -0.2) is 13.1 Å². The second-order valence-electron chi connectivity index (χ2n) is 4.92. The van der Waals surface area contributed by atoms with Gasteiger partial charge in [0.25, 0.3) is 0 Å². The van der Waals surface area contributed by atoms with Crippen LogP contribution in [0.2, 0.25) is 0 Å². The van der Waals surface area contributed by atoms with Crippen molar-refractivity contribution in [2.24, 2.45) is 0 Å². The zero-order valence-corrected chi connectivity index (χ0v) is 13.0. The molecule has 0 fully saturated rings. The molecule has 0 radical (unpaired) electrons. The van der Waals surface area contributed by atoms with Crippen LogP contribution >= 0.6 is 11.8 Å². The first-order valence-corrected chi connectivity index (χ1v) is 8.86. The summed E-state index contributed by atoms with van der Waals surface area (Å²) in [5, 5.41) is 0. The Morgan fingerprint density at radius 2 is 2.16 bits per heavy atom. The summed E-state index contributed by atoms with van der Waals surface area (Å²) in [7, 11) is 0.467. The Balaban J connectivity index is 2.12. The van der Waals surface area contributed by atoms with E-state index in [-0.39, 0.29) is 0 Å². The number of sulfonamides is 1. The van der Waals surface area contributed by atoms with E-state index in [9.17, 15) is 8.42 Å². The number of thioether (sulfide) groups is 1. The Kier molecular flexibility index (Phi) is 4.89. The largest absolute Gasteiger partial charge is 0.308 e. The Labute approximate surface area is 119 Å². The minimum Gasteiger partial charge on any atom is -0.308 e.